The summed E-state index contributed by atoms with van der Waals surface area (Å²) in [6, 6.07) is 4.79. The van der Waals surface area contributed by atoms with Gasteiger partial charge in [-0.3, -0.25) is 4.79 Å². The topological polar surface area (TPSA) is 97.9 Å². The van der Waals surface area contributed by atoms with Gasteiger partial charge in [0, 0.05) is 19.7 Å². The van der Waals surface area contributed by atoms with Crippen LogP contribution in [0, 0.1) is 5.82 Å². The van der Waals surface area contributed by atoms with Crippen LogP contribution >= 0.6 is 0 Å². The fourth-order valence-electron chi connectivity index (χ4n) is 2.89. The Morgan fingerprint density at radius 2 is 2.12 bits per heavy atom. The molecule has 3 aromatic rings. The fraction of sp³-hybridized carbons (Fsp3) is 0.278. The van der Waals surface area contributed by atoms with Gasteiger partial charge in [0.1, 0.15) is 11.3 Å². The molecule has 3 rings (SSSR count). The van der Waals surface area contributed by atoms with Gasteiger partial charge in [0.05, 0.1) is 29.8 Å². The molecule has 7 nitrogen and oxygen atoms in total. The number of rotatable bonds is 5. The summed E-state index contributed by atoms with van der Waals surface area (Å²) in [7, 11) is 3.39. The van der Waals surface area contributed by atoms with Crippen LogP contribution in [0.1, 0.15) is 28.5 Å². The van der Waals surface area contributed by atoms with Crippen molar-refractivity contribution < 1.29 is 9.18 Å². The van der Waals surface area contributed by atoms with Gasteiger partial charge in [0.15, 0.2) is 5.82 Å². The number of carbonyl (C=O) groups excluding carboxylic acids is 1. The fourth-order valence-corrected chi connectivity index (χ4v) is 2.89. The molecule has 1 aromatic carbocycles. The number of pyridine rings is 1. The normalized spacial score (nSPS) is 10.9. The van der Waals surface area contributed by atoms with Gasteiger partial charge in [-0.2, -0.15) is 0 Å². The molecule has 0 fully saturated rings. The second-order valence-electron chi connectivity index (χ2n) is 6.00. The molecule has 0 saturated heterocycles. The Balaban J connectivity index is 1.90. The van der Waals surface area contributed by atoms with Crippen molar-refractivity contribution in [3.05, 3.63) is 47.2 Å². The van der Waals surface area contributed by atoms with Gasteiger partial charge in [-0.15, -0.1) is 0 Å². The molecule has 2 aromatic heterocycles. The number of imidazole rings is 1. The lowest BCUT2D eigenvalue weighted by atomic mass is 10.0. The summed E-state index contributed by atoms with van der Waals surface area (Å²) in [6.07, 6.45) is 2.26. The SMILES string of the molecule is CCc1cc(C(=O)NC)cc(F)c1NCc1cc2c(ncn2C)c(N)n1. The number of aryl methyl sites for hydroxylation is 2. The van der Waals surface area contributed by atoms with Gasteiger partial charge in [-0.1, -0.05) is 6.92 Å². The van der Waals surface area contributed by atoms with E-state index >= 15 is 0 Å². The van der Waals surface area contributed by atoms with E-state index in [1.165, 1.54) is 13.1 Å². The molecule has 0 aliphatic carbocycles. The number of nitrogens with two attached hydrogens (primary N) is 1. The zero-order valence-electron chi connectivity index (χ0n) is 14.9. The van der Waals surface area contributed by atoms with Crippen LogP contribution in [-0.2, 0) is 20.0 Å². The van der Waals surface area contributed by atoms with E-state index in [1.807, 2.05) is 24.6 Å². The highest BCUT2D eigenvalue weighted by molar-refractivity contribution is 5.94. The largest absolute Gasteiger partial charge is 0.382 e. The zero-order chi connectivity index (χ0) is 18.8. The molecular formula is C18H21FN6O. The maximum absolute atomic E-state index is 14.5. The van der Waals surface area contributed by atoms with Crippen LogP contribution in [0.3, 0.4) is 0 Å². The van der Waals surface area contributed by atoms with E-state index in [4.69, 9.17) is 5.73 Å². The summed E-state index contributed by atoms with van der Waals surface area (Å²) >= 11 is 0. The zero-order valence-corrected chi connectivity index (χ0v) is 14.9. The minimum Gasteiger partial charge on any atom is -0.382 e. The second kappa shape index (κ2) is 6.99. The summed E-state index contributed by atoms with van der Waals surface area (Å²) in [5.41, 5.74) is 9.53. The van der Waals surface area contributed by atoms with Crippen molar-refractivity contribution in [2.45, 2.75) is 19.9 Å². The van der Waals surface area contributed by atoms with Gasteiger partial charge >= 0.3 is 0 Å². The van der Waals surface area contributed by atoms with Crippen LogP contribution in [0.25, 0.3) is 11.0 Å². The number of anilines is 2. The summed E-state index contributed by atoms with van der Waals surface area (Å²) in [5, 5.41) is 5.59. The molecule has 1 amide bonds. The number of fused-ring (bicyclic) bond motifs is 1. The van der Waals surface area contributed by atoms with Crippen LogP contribution in [-0.4, -0.2) is 27.5 Å². The quantitative estimate of drug-likeness (QED) is 0.651. The average molecular weight is 356 g/mol. The average Bonchev–Trinajstić information content (AvgIpc) is 3.01. The standard InChI is InChI=1S/C18H21FN6O/c1-4-10-5-11(18(26)21-2)6-13(19)15(10)22-8-12-7-14-16(17(20)24-12)23-9-25(14)3/h5-7,9,22H,4,8H2,1-3H3,(H2,20,24)(H,21,26). The highest BCUT2D eigenvalue weighted by atomic mass is 19.1. The smallest absolute Gasteiger partial charge is 0.251 e. The number of hydrogen-bond acceptors (Lipinski definition) is 5. The van der Waals surface area contributed by atoms with Crippen molar-refractivity contribution in [2.75, 3.05) is 18.1 Å². The molecule has 4 N–H and O–H groups in total. The first-order valence-corrected chi connectivity index (χ1v) is 8.29. The van der Waals surface area contributed by atoms with E-state index in [2.05, 4.69) is 20.6 Å². The second-order valence-corrected chi connectivity index (χ2v) is 6.00. The predicted octanol–water partition coefficient (Wildman–Crippen LogP) is 2.22. The van der Waals surface area contributed by atoms with Crippen LogP contribution in [0.2, 0.25) is 0 Å². The van der Waals surface area contributed by atoms with Crippen molar-refractivity contribution in [2.24, 2.45) is 7.05 Å². The number of benzene rings is 1. The third kappa shape index (κ3) is 3.17. The lowest BCUT2D eigenvalue weighted by molar-refractivity contribution is 0.0962. The van der Waals surface area contributed by atoms with Crippen molar-refractivity contribution in [3.8, 4) is 0 Å². The van der Waals surface area contributed by atoms with Crippen molar-refractivity contribution >= 4 is 28.4 Å². The molecule has 0 aliphatic heterocycles. The molecule has 0 bridgehead atoms. The van der Waals surface area contributed by atoms with Crippen LogP contribution in [0.5, 0.6) is 0 Å². The first kappa shape index (κ1) is 17.7. The number of nitrogens with one attached hydrogen (secondary N) is 2. The van der Waals surface area contributed by atoms with Gasteiger partial charge < -0.3 is 20.9 Å². The molecule has 0 saturated carbocycles. The van der Waals surface area contributed by atoms with Crippen LogP contribution < -0.4 is 16.4 Å². The minimum atomic E-state index is -0.475. The molecule has 2 heterocycles. The summed E-state index contributed by atoms with van der Waals surface area (Å²) in [4.78, 5) is 20.3. The van der Waals surface area contributed by atoms with E-state index in [1.54, 1.807) is 12.4 Å². The Kier molecular flexibility index (Phi) is 4.75. The Labute approximate surface area is 150 Å². The molecule has 0 unspecified atom stereocenters. The number of nitrogen functional groups attached to an aromatic ring is 1. The summed E-state index contributed by atoms with van der Waals surface area (Å²) in [6.45, 7) is 2.21. The highest BCUT2D eigenvalue weighted by Gasteiger charge is 2.14. The number of hydrogen-bond donors (Lipinski definition) is 3. The first-order chi connectivity index (χ1) is 12.4. The van der Waals surface area contributed by atoms with Gasteiger partial charge in [-0.25, -0.2) is 14.4 Å². The van der Waals surface area contributed by atoms with E-state index in [9.17, 15) is 9.18 Å². The van der Waals surface area contributed by atoms with Crippen molar-refractivity contribution in [1.29, 1.82) is 0 Å². The van der Waals surface area contributed by atoms with E-state index in [-0.39, 0.29) is 5.91 Å². The lowest BCUT2D eigenvalue weighted by Gasteiger charge is -2.14. The molecule has 0 radical (unpaired) electrons. The maximum atomic E-state index is 14.5. The van der Waals surface area contributed by atoms with Crippen LogP contribution in [0.15, 0.2) is 24.5 Å². The maximum Gasteiger partial charge on any atom is 0.251 e. The van der Waals surface area contributed by atoms with E-state index in [0.717, 1.165) is 11.1 Å². The Bertz CT molecular complexity index is 981. The molecule has 0 aliphatic rings. The summed E-state index contributed by atoms with van der Waals surface area (Å²) in [5.74, 6) is -0.454. The van der Waals surface area contributed by atoms with Crippen molar-refractivity contribution in [1.82, 2.24) is 19.9 Å². The Morgan fingerprint density at radius 1 is 1.35 bits per heavy atom. The van der Waals surface area contributed by atoms with E-state index in [0.29, 0.717) is 41.2 Å². The minimum absolute atomic E-state index is 0.297. The lowest BCUT2D eigenvalue weighted by Crippen LogP contribution is -2.19. The highest BCUT2D eigenvalue weighted by Crippen LogP contribution is 2.25. The van der Waals surface area contributed by atoms with Crippen molar-refractivity contribution in [3.63, 3.8) is 0 Å². The van der Waals surface area contributed by atoms with Gasteiger partial charge in [0.2, 0.25) is 0 Å². The third-order valence-corrected chi connectivity index (χ3v) is 4.28. The predicted molar refractivity (Wildman–Crippen MR) is 99.4 cm³/mol. The molecular weight excluding hydrogens is 335 g/mol. The monoisotopic (exact) mass is 356 g/mol. The Hall–Kier alpha value is -3.16. The molecule has 0 spiro atoms. The number of nitrogens with zero attached hydrogens (tertiary/aromatic N) is 3. The molecule has 0 atom stereocenters. The molecule has 26 heavy (non-hydrogen) atoms. The number of carbonyl (C=O) groups is 1. The molecule has 8 heteroatoms. The number of amides is 1. The first-order valence-electron chi connectivity index (χ1n) is 8.29. The van der Waals surface area contributed by atoms with Gasteiger partial charge in [-0.05, 0) is 30.2 Å². The molecule has 136 valence electrons. The number of halogens is 1. The Morgan fingerprint density at radius 3 is 2.81 bits per heavy atom. The number of aromatic nitrogens is 3. The summed E-state index contributed by atoms with van der Waals surface area (Å²) < 4.78 is 16.4. The third-order valence-electron chi connectivity index (χ3n) is 4.28. The van der Waals surface area contributed by atoms with Gasteiger partial charge in [0.25, 0.3) is 5.91 Å². The van der Waals surface area contributed by atoms with Crippen LogP contribution in [0.4, 0.5) is 15.9 Å². The van der Waals surface area contributed by atoms with E-state index < -0.39 is 5.82 Å².